The summed E-state index contributed by atoms with van der Waals surface area (Å²) in [6.45, 7) is 6.76. The van der Waals surface area contributed by atoms with Crippen molar-refractivity contribution in [3.63, 3.8) is 0 Å². The van der Waals surface area contributed by atoms with Crippen molar-refractivity contribution in [3.8, 4) is 0 Å². The first-order valence-electron chi connectivity index (χ1n) is 9.30. The molecule has 1 aliphatic heterocycles. The Kier molecular flexibility index (Phi) is 6.00. The molecule has 5 nitrogen and oxygen atoms in total. The third-order valence-corrected chi connectivity index (χ3v) is 4.71. The van der Waals surface area contributed by atoms with Crippen molar-refractivity contribution in [2.45, 2.75) is 26.7 Å². The van der Waals surface area contributed by atoms with Crippen LogP contribution in [-0.2, 0) is 4.74 Å². The van der Waals surface area contributed by atoms with E-state index in [9.17, 15) is 4.79 Å². The first kappa shape index (κ1) is 18.1. The lowest BCUT2D eigenvalue weighted by molar-refractivity contribution is 0.168. The number of carbonyl (C=O) groups excluding carboxylic acids is 1. The molecule has 1 heterocycles. The van der Waals surface area contributed by atoms with Crippen LogP contribution in [0.4, 0.5) is 27.5 Å². The lowest BCUT2D eigenvalue weighted by Crippen LogP contribution is -2.32. The molecule has 5 heteroatoms. The average molecular weight is 353 g/mol. The number of nitrogens with one attached hydrogen (secondary N) is 2. The van der Waals surface area contributed by atoms with Crippen LogP contribution in [0.2, 0.25) is 0 Å². The first-order valence-corrected chi connectivity index (χ1v) is 9.30. The van der Waals surface area contributed by atoms with Crippen LogP contribution in [0.15, 0.2) is 48.5 Å². The van der Waals surface area contributed by atoms with Gasteiger partial charge in [0.25, 0.3) is 0 Å². The molecule has 0 unspecified atom stereocenters. The molecule has 0 radical (unpaired) electrons. The Morgan fingerprint density at radius 2 is 1.54 bits per heavy atom. The van der Waals surface area contributed by atoms with E-state index in [1.165, 1.54) is 18.5 Å². The number of carbonyl (C=O) groups is 1. The predicted molar refractivity (Wildman–Crippen MR) is 107 cm³/mol. The lowest BCUT2D eigenvalue weighted by Gasteiger charge is -2.32. The largest absolute Gasteiger partial charge is 0.450 e. The van der Waals surface area contributed by atoms with Gasteiger partial charge in [-0.1, -0.05) is 6.92 Å². The van der Waals surface area contributed by atoms with Gasteiger partial charge in [-0.25, -0.2) is 4.79 Å². The molecule has 1 amide bonds. The van der Waals surface area contributed by atoms with Crippen molar-refractivity contribution < 1.29 is 9.53 Å². The minimum Gasteiger partial charge on any atom is -0.450 e. The molecular formula is C21H27N3O2. The van der Waals surface area contributed by atoms with Gasteiger partial charge in [0, 0.05) is 35.8 Å². The van der Waals surface area contributed by atoms with Crippen LogP contribution in [0.1, 0.15) is 26.7 Å². The van der Waals surface area contributed by atoms with Crippen LogP contribution in [0.3, 0.4) is 0 Å². The van der Waals surface area contributed by atoms with E-state index >= 15 is 0 Å². The van der Waals surface area contributed by atoms with Crippen molar-refractivity contribution >= 4 is 28.8 Å². The molecule has 26 heavy (non-hydrogen) atoms. The molecular weight excluding hydrogens is 326 g/mol. The summed E-state index contributed by atoms with van der Waals surface area (Å²) in [7, 11) is 0. The molecule has 2 N–H and O–H groups in total. The fourth-order valence-corrected chi connectivity index (χ4v) is 3.11. The highest BCUT2D eigenvalue weighted by molar-refractivity contribution is 5.85. The van der Waals surface area contributed by atoms with Crippen molar-refractivity contribution in [1.29, 1.82) is 0 Å². The van der Waals surface area contributed by atoms with Crippen LogP contribution in [-0.4, -0.2) is 25.8 Å². The Morgan fingerprint density at radius 1 is 1.00 bits per heavy atom. The number of hydrogen-bond donors (Lipinski definition) is 2. The van der Waals surface area contributed by atoms with E-state index in [2.05, 4.69) is 46.7 Å². The minimum absolute atomic E-state index is 0.359. The number of anilines is 4. The van der Waals surface area contributed by atoms with Crippen LogP contribution in [0, 0.1) is 5.92 Å². The highest BCUT2D eigenvalue weighted by Gasteiger charge is 2.15. The number of nitrogens with zero attached hydrogens (tertiary/aromatic N) is 1. The molecule has 0 aromatic heterocycles. The quantitative estimate of drug-likeness (QED) is 0.772. The molecule has 138 valence electrons. The molecule has 0 atom stereocenters. The number of amides is 1. The molecule has 2 aromatic rings. The predicted octanol–water partition coefficient (Wildman–Crippen LogP) is 5.23. The van der Waals surface area contributed by atoms with E-state index in [0.717, 1.165) is 30.4 Å². The summed E-state index contributed by atoms with van der Waals surface area (Å²) in [5.41, 5.74) is 4.02. The standard InChI is InChI=1S/C21H27N3O2/c1-3-26-21(25)23-19-6-4-17(5-7-19)22-18-8-10-20(11-9-18)24-14-12-16(2)13-15-24/h4-11,16,22H,3,12-15H2,1-2H3,(H,23,25). The number of hydrogen-bond acceptors (Lipinski definition) is 4. The highest BCUT2D eigenvalue weighted by atomic mass is 16.5. The Morgan fingerprint density at radius 3 is 2.12 bits per heavy atom. The number of piperidine rings is 1. The normalized spacial score (nSPS) is 14.8. The van der Waals surface area contributed by atoms with E-state index in [-0.39, 0.29) is 0 Å². The van der Waals surface area contributed by atoms with Crippen LogP contribution in [0.25, 0.3) is 0 Å². The SMILES string of the molecule is CCOC(=O)Nc1ccc(Nc2ccc(N3CCC(C)CC3)cc2)cc1. The van der Waals surface area contributed by atoms with Crippen LogP contribution >= 0.6 is 0 Å². The summed E-state index contributed by atoms with van der Waals surface area (Å²) >= 11 is 0. The van der Waals surface area contributed by atoms with E-state index < -0.39 is 6.09 Å². The Bertz CT molecular complexity index is 705. The summed E-state index contributed by atoms with van der Waals surface area (Å²) in [6.07, 6.45) is 2.11. The second-order valence-corrected chi connectivity index (χ2v) is 6.76. The van der Waals surface area contributed by atoms with Gasteiger partial charge in [0.1, 0.15) is 0 Å². The fraction of sp³-hybridized carbons (Fsp3) is 0.381. The van der Waals surface area contributed by atoms with Crippen molar-refractivity contribution in [2.24, 2.45) is 5.92 Å². The van der Waals surface area contributed by atoms with Crippen LogP contribution < -0.4 is 15.5 Å². The summed E-state index contributed by atoms with van der Waals surface area (Å²) in [6, 6.07) is 16.1. The van der Waals surface area contributed by atoms with E-state index in [1.807, 2.05) is 24.3 Å². The second kappa shape index (κ2) is 8.61. The Labute approximate surface area is 155 Å². The molecule has 0 bridgehead atoms. The van der Waals surface area contributed by atoms with E-state index in [1.54, 1.807) is 6.92 Å². The molecule has 1 aliphatic rings. The second-order valence-electron chi connectivity index (χ2n) is 6.76. The maximum Gasteiger partial charge on any atom is 0.411 e. The summed E-state index contributed by atoms with van der Waals surface area (Å²) in [5.74, 6) is 0.841. The lowest BCUT2D eigenvalue weighted by atomic mass is 9.99. The number of ether oxygens (including phenoxy) is 1. The Balaban J connectivity index is 1.56. The number of benzene rings is 2. The molecule has 1 saturated heterocycles. The van der Waals surface area contributed by atoms with Gasteiger partial charge in [0.2, 0.25) is 0 Å². The maximum absolute atomic E-state index is 11.4. The zero-order chi connectivity index (χ0) is 18.4. The van der Waals surface area contributed by atoms with Gasteiger partial charge >= 0.3 is 6.09 Å². The van der Waals surface area contributed by atoms with E-state index in [4.69, 9.17) is 4.74 Å². The van der Waals surface area contributed by atoms with Gasteiger partial charge in [-0.2, -0.15) is 0 Å². The molecule has 3 rings (SSSR count). The van der Waals surface area contributed by atoms with Gasteiger partial charge in [0.15, 0.2) is 0 Å². The molecule has 0 spiro atoms. The minimum atomic E-state index is -0.434. The zero-order valence-corrected chi connectivity index (χ0v) is 15.5. The third kappa shape index (κ3) is 4.91. The van der Waals surface area contributed by atoms with Crippen LogP contribution in [0.5, 0.6) is 0 Å². The Hall–Kier alpha value is -2.69. The summed E-state index contributed by atoms with van der Waals surface area (Å²) in [5, 5.41) is 6.07. The molecule has 1 fully saturated rings. The van der Waals surface area contributed by atoms with Gasteiger partial charge in [-0.15, -0.1) is 0 Å². The first-order chi connectivity index (χ1) is 12.6. The summed E-state index contributed by atoms with van der Waals surface area (Å²) in [4.78, 5) is 13.9. The smallest absolute Gasteiger partial charge is 0.411 e. The molecule has 0 aliphatic carbocycles. The average Bonchev–Trinajstić information content (AvgIpc) is 2.65. The topological polar surface area (TPSA) is 53.6 Å². The van der Waals surface area contributed by atoms with Gasteiger partial charge in [-0.3, -0.25) is 5.32 Å². The summed E-state index contributed by atoms with van der Waals surface area (Å²) < 4.78 is 4.87. The highest BCUT2D eigenvalue weighted by Crippen LogP contribution is 2.25. The molecule has 2 aromatic carbocycles. The number of rotatable bonds is 5. The van der Waals surface area contributed by atoms with Crippen molar-refractivity contribution in [1.82, 2.24) is 0 Å². The molecule has 0 saturated carbocycles. The van der Waals surface area contributed by atoms with Gasteiger partial charge in [0.05, 0.1) is 6.61 Å². The van der Waals surface area contributed by atoms with Gasteiger partial charge < -0.3 is 15.0 Å². The maximum atomic E-state index is 11.4. The fourth-order valence-electron chi connectivity index (χ4n) is 3.11. The van der Waals surface area contributed by atoms with Gasteiger partial charge in [-0.05, 0) is 74.2 Å². The van der Waals surface area contributed by atoms with Crippen molar-refractivity contribution in [2.75, 3.05) is 35.2 Å². The monoisotopic (exact) mass is 353 g/mol. The van der Waals surface area contributed by atoms with E-state index in [0.29, 0.717) is 12.3 Å². The zero-order valence-electron chi connectivity index (χ0n) is 15.5. The third-order valence-electron chi connectivity index (χ3n) is 4.71. The van der Waals surface area contributed by atoms with Crippen molar-refractivity contribution in [3.05, 3.63) is 48.5 Å².